The first-order chi connectivity index (χ1) is 15.3. The average Bonchev–Trinajstić information content (AvgIpc) is 3.63. The Morgan fingerprint density at radius 1 is 1.03 bits per heavy atom. The molecule has 7 heteroatoms. The molecule has 3 aliphatic carbocycles. The van der Waals surface area contributed by atoms with Gasteiger partial charge in [0.1, 0.15) is 0 Å². The fourth-order valence-corrected chi connectivity index (χ4v) is 8.18. The van der Waals surface area contributed by atoms with Gasteiger partial charge < -0.3 is 5.11 Å². The van der Waals surface area contributed by atoms with Crippen LogP contribution in [-0.4, -0.2) is 48.9 Å². The van der Waals surface area contributed by atoms with E-state index in [2.05, 4.69) is 52.9 Å². The van der Waals surface area contributed by atoms with E-state index in [4.69, 9.17) is 0 Å². The van der Waals surface area contributed by atoms with Crippen molar-refractivity contribution in [3.63, 3.8) is 0 Å². The summed E-state index contributed by atoms with van der Waals surface area (Å²) in [6.07, 6.45) is 4.09. The maximum atomic E-state index is 12.4. The standard InChI is InChI=1S/C26H32N2O3S.ClH/c1-2-26(20-8-5-9-21(12-20)27-32(30,31)22-10-11-22)23-15-28(16-24(23)26)17-25(29)13-18-6-3-4-7-19(18)14-25;/h3-9,12,22-24,27,29H,2,10-11,13-17H2,1H3;1H/t23-,24+,26?;. The largest absolute Gasteiger partial charge is 0.388 e. The summed E-state index contributed by atoms with van der Waals surface area (Å²) in [5, 5.41) is 11.1. The zero-order valence-electron chi connectivity index (χ0n) is 19.0. The van der Waals surface area contributed by atoms with E-state index in [9.17, 15) is 13.5 Å². The van der Waals surface area contributed by atoms with Crippen LogP contribution in [0.1, 0.15) is 42.9 Å². The van der Waals surface area contributed by atoms with Gasteiger partial charge in [0.05, 0.1) is 10.9 Å². The molecule has 1 unspecified atom stereocenters. The minimum absolute atomic E-state index is 0. The molecule has 2 saturated carbocycles. The highest BCUT2D eigenvalue weighted by atomic mass is 35.5. The predicted octanol–water partition coefficient (Wildman–Crippen LogP) is 3.75. The highest BCUT2D eigenvalue weighted by Crippen LogP contribution is 2.65. The Morgan fingerprint density at radius 3 is 2.24 bits per heavy atom. The van der Waals surface area contributed by atoms with Gasteiger partial charge in [-0.1, -0.05) is 43.3 Å². The van der Waals surface area contributed by atoms with Crippen molar-refractivity contribution in [2.75, 3.05) is 24.4 Å². The van der Waals surface area contributed by atoms with E-state index in [1.165, 1.54) is 16.7 Å². The quantitative estimate of drug-likeness (QED) is 0.622. The van der Waals surface area contributed by atoms with E-state index in [-0.39, 0.29) is 23.1 Å². The molecule has 0 amide bonds. The molecule has 0 bridgehead atoms. The van der Waals surface area contributed by atoms with Crippen molar-refractivity contribution in [1.29, 1.82) is 0 Å². The summed E-state index contributed by atoms with van der Waals surface area (Å²) in [4.78, 5) is 2.45. The molecule has 4 aliphatic rings. The lowest BCUT2D eigenvalue weighted by atomic mass is 9.87. The van der Waals surface area contributed by atoms with Gasteiger partial charge in [0, 0.05) is 43.6 Å². The number of hydrogen-bond donors (Lipinski definition) is 2. The Hall–Kier alpha value is -1.60. The number of rotatable bonds is 7. The average molecular weight is 489 g/mol. The Morgan fingerprint density at radius 2 is 1.67 bits per heavy atom. The highest BCUT2D eigenvalue weighted by molar-refractivity contribution is 7.93. The maximum Gasteiger partial charge on any atom is 0.235 e. The van der Waals surface area contributed by atoms with Crippen LogP contribution in [0, 0.1) is 11.8 Å². The van der Waals surface area contributed by atoms with Gasteiger partial charge in [-0.3, -0.25) is 9.62 Å². The Labute approximate surface area is 203 Å². The van der Waals surface area contributed by atoms with E-state index >= 15 is 0 Å². The third-order valence-corrected chi connectivity index (χ3v) is 10.4. The fourth-order valence-electron chi connectivity index (χ4n) is 6.80. The Kier molecular flexibility index (Phi) is 5.60. The number of benzene rings is 2. The fraction of sp³-hybridized carbons (Fsp3) is 0.538. The molecule has 0 aromatic heterocycles. The van der Waals surface area contributed by atoms with Gasteiger partial charge in [-0.25, -0.2) is 8.42 Å². The molecule has 3 fully saturated rings. The summed E-state index contributed by atoms with van der Waals surface area (Å²) in [7, 11) is -3.25. The summed E-state index contributed by atoms with van der Waals surface area (Å²) in [5.41, 5.74) is 4.01. The van der Waals surface area contributed by atoms with Crippen LogP contribution in [0.15, 0.2) is 48.5 Å². The summed E-state index contributed by atoms with van der Waals surface area (Å²) in [5.74, 6) is 1.16. The van der Waals surface area contributed by atoms with Crippen molar-refractivity contribution in [1.82, 2.24) is 4.90 Å². The summed E-state index contributed by atoms with van der Waals surface area (Å²) in [6, 6.07) is 16.5. The normalized spacial score (nSPS) is 29.8. The molecule has 6 rings (SSSR count). The molecule has 33 heavy (non-hydrogen) atoms. The number of nitrogens with one attached hydrogen (secondary N) is 1. The molecule has 1 heterocycles. The molecule has 2 aromatic rings. The van der Waals surface area contributed by atoms with Crippen molar-refractivity contribution < 1.29 is 13.5 Å². The third kappa shape index (κ3) is 3.89. The summed E-state index contributed by atoms with van der Waals surface area (Å²) in [6.45, 7) is 5.00. The van der Waals surface area contributed by atoms with Crippen LogP contribution in [0.4, 0.5) is 5.69 Å². The van der Waals surface area contributed by atoms with Gasteiger partial charge in [0.2, 0.25) is 10.0 Å². The minimum atomic E-state index is -3.25. The molecule has 2 aromatic carbocycles. The van der Waals surface area contributed by atoms with Crippen molar-refractivity contribution in [3.8, 4) is 0 Å². The van der Waals surface area contributed by atoms with Gasteiger partial charge in [-0.2, -0.15) is 0 Å². The molecule has 0 spiro atoms. The molecule has 3 atom stereocenters. The topological polar surface area (TPSA) is 69.6 Å². The monoisotopic (exact) mass is 488 g/mol. The number of piperidine rings is 1. The first-order valence-corrected chi connectivity index (χ1v) is 13.5. The first kappa shape index (κ1) is 23.2. The van der Waals surface area contributed by atoms with Crippen molar-refractivity contribution >= 4 is 28.1 Å². The van der Waals surface area contributed by atoms with Gasteiger partial charge in [0.25, 0.3) is 0 Å². The van der Waals surface area contributed by atoms with Crippen LogP contribution in [0.2, 0.25) is 0 Å². The van der Waals surface area contributed by atoms with Crippen LogP contribution < -0.4 is 4.72 Å². The van der Waals surface area contributed by atoms with Crippen molar-refractivity contribution in [3.05, 3.63) is 65.2 Å². The van der Waals surface area contributed by atoms with Crippen LogP contribution >= 0.6 is 12.4 Å². The molecular weight excluding hydrogens is 456 g/mol. The number of fused-ring (bicyclic) bond motifs is 2. The summed E-state index contributed by atoms with van der Waals surface area (Å²) >= 11 is 0. The second-order valence-corrected chi connectivity index (χ2v) is 12.5. The minimum Gasteiger partial charge on any atom is -0.388 e. The number of likely N-dealkylation sites (tertiary alicyclic amines) is 1. The number of β-amino-alcohol motifs (C(OH)–C–C–N with tert-alkyl or cyclic N) is 1. The smallest absolute Gasteiger partial charge is 0.235 e. The van der Waals surface area contributed by atoms with Gasteiger partial charge >= 0.3 is 0 Å². The zero-order valence-corrected chi connectivity index (χ0v) is 20.7. The second-order valence-electron chi connectivity index (χ2n) is 10.6. The zero-order chi connectivity index (χ0) is 22.1. The maximum absolute atomic E-state index is 12.4. The Balaban J connectivity index is 0.00000228. The predicted molar refractivity (Wildman–Crippen MR) is 133 cm³/mol. The van der Waals surface area contributed by atoms with Crippen LogP contribution in [0.25, 0.3) is 0 Å². The second kappa shape index (κ2) is 7.98. The van der Waals surface area contributed by atoms with Crippen molar-refractivity contribution in [2.24, 2.45) is 11.8 Å². The lowest BCUT2D eigenvalue weighted by molar-refractivity contribution is 0.0139. The molecule has 1 aliphatic heterocycles. The number of halogens is 1. The SMILES string of the molecule is CCC1(c2cccc(NS(=O)(=O)C3CC3)c2)[C@@H]2CN(CC3(O)Cc4ccccc4C3)C[C@@H]21.Cl. The van der Waals surface area contributed by atoms with Gasteiger partial charge in [-0.15, -0.1) is 12.4 Å². The molecule has 2 N–H and O–H groups in total. The van der Waals surface area contributed by atoms with Gasteiger partial charge in [0.15, 0.2) is 0 Å². The van der Waals surface area contributed by atoms with Crippen LogP contribution in [-0.2, 0) is 28.3 Å². The van der Waals surface area contributed by atoms with Crippen LogP contribution in [0.3, 0.4) is 0 Å². The van der Waals surface area contributed by atoms with Gasteiger partial charge in [-0.05, 0) is 59.9 Å². The molecule has 178 valence electrons. The van der Waals surface area contributed by atoms with Crippen LogP contribution in [0.5, 0.6) is 0 Å². The van der Waals surface area contributed by atoms with E-state index in [0.717, 1.165) is 51.7 Å². The number of hydrogen-bond acceptors (Lipinski definition) is 4. The van der Waals surface area contributed by atoms with E-state index in [1.54, 1.807) is 0 Å². The molecule has 1 saturated heterocycles. The van der Waals surface area contributed by atoms with E-state index < -0.39 is 15.6 Å². The molecule has 0 radical (unpaired) electrons. The number of nitrogens with zero attached hydrogens (tertiary/aromatic N) is 1. The molecule has 5 nitrogen and oxygen atoms in total. The third-order valence-electron chi connectivity index (χ3n) is 8.49. The lowest BCUT2D eigenvalue weighted by Crippen LogP contribution is -2.45. The first-order valence-electron chi connectivity index (χ1n) is 12.0. The highest BCUT2D eigenvalue weighted by Gasteiger charge is 2.67. The molecular formula is C26H33ClN2O3S. The Bertz CT molecular complexity index is 1130. The number of anilines is 1. The van der Waals surface area contributed by atoms with E-state index in [1.807, 2.05) is 12.1 Å². The number of sulfonamides is 1. The lowest BCUT2D eigenvalue weighted by Gasteiger charge is -2.32. The number of aliphatic hydroxyl groups is 1. The summed E-state index contributed by atoms with van der Waals surface area (Å²) < 4.78 is 27.6. The van der Waals surface area contributed by atoms with E-state index in [0.29, 0.717) is 17.5 Å². The van der Waals surface area contributed by atoms with Crippen molar-refractivity contribution in [2.45, 2.75) is 55.3 Å².